The molecular formula is C31H38N4O6. The minimum absolute atomic E-state index is 0.116. The third-order valence-electron chi connectivity index (χ3n) is 7.17. The highest BCUT2D eigenvalue weighted by molar-refractivity contribution is 5.93. The molecule has 1 saturated heterocycles. The Kier molecular flexibility index (Phi) is 9.12. The molecule has 3 atom stereocenters. The molecule has 0 bridgehead atoms. The number of primary amides is 1. The van der Waals surface area contributed by atoms with E-state index in [-0.39, 0.29) is 37.8 Å². The molecule has 2 heterocycles. The van der Waals surface area contributed by atoms with Gasteiger partial charge in [0.25, 0.3) is 0 Å². The highest BCUT2D eigenvalue weighted by Gasteiger charge is 2.45. The normalized spacial score (nSPS) is 17.7. The predicted octanol–water partition coefficient (Wildman–Crippen LogP) is 3.31. The van der Waals surface area contributed by atoms with Gasteiger partial charge >= 0.3 is 0 Å². The van der Waals surface area contributed by atoms with Gasteiger partial charge in [-0.25, -0.2) is 4.98 Å². The maximum atomic E-state index is 13.8. The molecule has 0 spiro atoms. The number of hydrogen-bond acceptors (Lipinski definition) is 7. The van der Waals surface area contributed by atoms with Crippen LogP contribution in [-0.2, 0) is 19.1 Å². The minimum atomic E-state index is -0.880. The number of rotatable bonds is 10. The average molecular weight is 563 g/mol. The number of amides is 3. The van der Waals surface area contributed by atoms with Gasteiger partial charge in [0.1, 0.15) is 29.7 Å². The van der Waals surface area contributed by atoms with Crippen molar-refractivity contribution in [3.8, 4) is 22.8 Å². The molecule has 218 valence electrons. The molecule has 3 N–H and O–H groups in total. The number of nitrogens with one attached hydrogen (secondary N) is 1. The minimum Gasteiger partial charge on any atom is -0.497 e. The van der Waals surface area contributed by atoms with Gasteiger partial charge in [-0.15, -0.1) is 0 Å². The van der Waals surface area contributed by atoms with Gasteiger partial charge in [-0.05, 0) is 17.5 Å². The molecule has 1 aromatic heterocycles. The topological polar surface area (TPSA) is 133 Å². The van der Waals surface area contributed by atoms with Gasteiger partial charge in [0.05, 0.1) is 31.5 Å². The quantitative estimate of drug-likeness (QED) is 0.387. The van der Waals surface area contributed by atoms with Crippen LogP contribution in [0.1, 0.15) is 33.6 Å². The van der Waals surface area contributed by atoms with Crippen LogP contribution in [0.4, 0.5) is 0 Å². The molecule has 10 heteroatoms. The van der Waals surface area contributed by atoms with Crippen molar-refractivity contribution in [3.63, 3.8) is 0 Å². The molecule has 0 unspecified atom stereocenters. The second-order valence-electron chi connectivity index (χ2n) is 11.2. The summed E-state index contributed by atoms with van der Waals surface area (Å²) < 4.78 is 16.9. The van der Waals surface area contributed by atoms with Gasteiger partial charge in [0.15, 0.2) is 0 Å². The molecule has 0 aliphatic carbocycles. The molecule has 10 nitrogen and oxygen atoms in total. The smallest absolute Gasteiger partial charge is 0.246 e. The van der Waals surface area contributed by atoms with Crippen molar-refractivity contribution in [2.24, 2.45) is 11.1 Å². The highest BCUT2D eigenvalue weighted by Crippen LogP contribution is 2.35. The van der Waals surface area contributed by atoms with Gasteiger partial charge in [-0.2, -0.15) is 0 Å². The van der Waals surface area contributed by atoms with Crippen LogP contribution >= 0.6 is 0 Å². The molecule has 3 aromatic rings. The summed E-state index contributed by atoms with van der Waals surface area (Å²) in [5.41, 5.74) is 7.46. The van der Waals surface area contributed by atoms with Crippen LogP contribution in [-0.4, -0.2) is 73.2 Å². The Morgan fingerprint density at radius 2 is 1.83 bits per heavy atom. The fourth-order valence-electron chi connectivity index (χ4n) is 4.98. The van der Waals surface area contributed by atoms with Crippen LogP contribution in [0, 0.1) is 5.41 Å². The number of carbonyl (C=O) groups is 3. The zero-order chi connectivity index (χ0) is 29.7. The molecule has 4 rings (SSSR count). The summed E-state index contributed by atoms with van der Waals surface area (Å²) in [5.74, 6) is -0.0907. The standard InChI is InChI=1S/C31H38N4O6/c1-31(2,3)28(34-27(36)13-14-39-4)30(38)35-18-21(16-25(35)29(32)37)41-26-17-23(19-9-7-6-8-10-19)33-24-15-20(40-5)11-12-22(24)26/h6-12,15,17,21,25,28H,13-14,16,18H2,1-5H3,(H2,32,37)(H,34,36)/t21-,25+,28-/m1/s1. The Morgan fingerprint density at radius 3 is 2.46 bits per heavy atom. The first kappa shape index (κ1) is 29.8. The first-order valence-corrected chi connectivity index (χ1v) is 13.6. The molecule has 2 aromatic carbocycles. The third-order valence-corrected chi connectivity index (χ3v) is 7.17. The zero-order valence-corrected chi connectivity index (χ0v) is 24.2. The zero-order valence-electron chi connectivity index (χ0n) is 24.2. The van der Waals surface area contributed by atoms with Crippen molar-refractivity contribution in [2.75, 3.05) is 27.4 Å². The largest absolute Gasteiger partial charge is 0.497 e. The summed E-state index contributed by atoms with van der Waals surface area (Å²) in [6.07, 6.45) is -0.182. The van der Waals surface area contributed by atoms with E-state index >= 15 is 0 Å². The van der Waals surface area contributed by atoms with Gasteiger partial charge in [0.2, 0.25) is 17.7 Å². The Morgan fingerprint density at radius 1 is 1.10 bits per heavy atom. The number of nitrogens with two attached hydrogens (primary N) is 1. The molecule has 3 amide bonds. The van der Waals surface area contributed by atoms with Crippen molar-refractivity contribution < 1.29 is 28.6 Å². The molecule has 1 aliphatic rings. The third kappa shape index (κ3) is 6.94. The number of hydrogen-bond donors (Lipinski definition) is 2. The van der Waals surface area contributed by atoms with Crippen LogP contribution in [0.15, 0.2) is 54.6 Å². The van der Waals surface area contributed by atoms with E-state index in [0.717, 1.165) is 10.9 Å². The Balaban J connectivity index is 1.64. The Labute approximate surface area is 240 Å². The number of methoxy groups -OCH3 is 2. The number of carbonyl (C=O) groups excluding carboxylic acids is 3. The van der Waals surface area contributed by atoms with E-state index in [9.17, 15) is 14.4 Å². The van der Waals surface area contributed by atoms with E-state index in [2.05, 4.69) is 5.32 Å². The van der Waals surface area contributed by atoms with E-state index in [1.165, 1.54) is 12.0 Å². The number of benzene rings is 2. The van der Waals surface area contributed by atoms with Crippen molar-refractivity contribution in [3.05, 3.63) is 54.6 Å². The summed E-state index contributed by atoms with van der Waals surface area (Å²) >= 11 is 0. The van der Waals surface area contributed by atoms with Crippen LogP contribution in [0.5, 0.6) is 11.5 Å². The van der Waals surface area contributed by atoms with E-state index in [0.29, 0.717) is 22.7 Å². The summed E-state index contributed by atoms with van der Waals surface area (Å²) in [6, 6.07) is 15.4. The molecule has 41 heavy (non-hydrogen) atoms. The van der Waals surface area contributed by atoms with Crippen LogP contribution in [0.25, 0.3) is 22.2 Å². The number of likely N-dealkylation sites (tertiary alicyclic amines) is 1. The van der Waals surface area contributed by atoms with Crippen LogP contribution in [0.2, 0.25) is 0 Å². The number of ether oxygens (including phenoxy) is 3. The molecule has 1 aliphatic heterocycles. The van der Waals surface area contributed by atoms with Gasteiger partial charge in [-0.1, -0.05) is 51.1 Å². The monoisotopic (exact) mass is 562 g/mol. The molecule has 0 radical (unpaired) electrons. The lowest BCUT2D eigenvalue weighted by atomic mass is 9.85. The Hall–Kier alpha value is -4.18. The van der Waals surface area contributed by atoms with Crippen molar-refractivity contribution >= 4 is 28.6 Å². The van der Waals surface area contributed by atoms with E-state index in [1.54, 1.807) is 7.11 Å². The first-order valence-electron chi connectivity index (χ1n) is 13.6. The van der Waals surface area contributed by atoms with Crippen LogP contribution in [0.3, 0.4) is 0 Å². The van der Waals surface area contributed by atoms with Crippen molar-refractivity contribution in [2.45, 2.75) is 51.8 Å². The van der Waals surface area contributed by atoms with E-state index < -0.39 is 29.5 Å². The SMILES string of the molecule is COCCC(=O)N[C@H](C(=O)N1C[C@H](Oc2cc(-c3ccccc3)nc3cc(OC)ccc23)C[C@H]1C(N)=O)C(C)(C)C. The Bertz CT molecular complexity index is 1400. The second kappa shape index (κ2) is 12.6. The number of aromatic nitrogens is 1. The second-order valence-corrected chi connectivity index (χ2v) is 11.2. The van der Waals surface area contributed by atoms with Gasteiger partial charge in [-0.3, -0.25) is 14.4 Å². The predicted molar refractivity (Wildman–Crippen MR) is 155 cm³/mol. The number of nitrogens with zero attached hydrogens (tertiary/aromatic N) is 2. The first-order chi connectivity index (χ1) is 19.5. The van der Waals surface area contributed by atoms with E-state index in [4.69, 9.17) is 24.9 Å². The molecule has 0 saturated carbocycles. The fraction of sp³-hybridized carbons (Fsp3) is 0.419. The average Bonchev–Trinajstić information content (AvgIpc) is 3.38. The van der Waals surface area contributed by atoms with Gasteiger partial charge < -0.3 is 30.2 Å². The van der Waals surface area contributed by atoms with E-state index in [1.807, 2.05) is 75.4 Å². The molecular weight excluding hydrogens is 524 g/mol. The lowest BCUT2D eigenvalue weighted by Gasteiger charge is -2.35. The summed E-state index contributed by atoms with van der Waals surface area (Å²) in [4.78, 5) is 45.1. The van der Waals surface area contributed by atoms with Crippen molar-refractivity contribution in [1.82, 2.24) is 15.2 Å². The maximum absolute atomic E-state index is 13.8. The van der Waals surface area contributed by atoms with Crippen molar-refractivity contribution in [1.29, 1.82) is 0 Å². The highest BCUT2D eigenvalue weighted by atomic mass is 16.5. The summed E-state index contributed by atoms with van der Waals surface area (Å²) in [7, 11) is 3.10. The lowest BCUT2D eigenvalue weighted by molar-refractivity contribution is -0.143. The van der Waals surface area contributed by atoms with Crippen LogP contribution < -0.4 is 20.5 Å². The number of fused-ring (bicyclic) bond motifs is 1. The lowest BCUT2D eigenvalue weighted by Crippen LogP contribution is -2.57. The summed E-state index contributed by atoms with van der Waals surface area (Å²) in [5, 5.41) is 3.60. The fourth-order valence-corrected chi connectivity index (χ4v) is 4.98. The number of pyridine rings is 1. The maximum Gasteiger partial charge on any atom is 0.246 e. The van der Waals surface area contributed by atoms with Gasteiger partial charge in [0, 0.05) is 43.0 Å². The molecule has 1 fully saturated rings. The summed E-state index contributed by atoms with van der Waals surface area (Å²) in [6.45, 7) is 5.94.